The summed E-state index contributed by atoms with van der Waals surface area (Å²) in [6.45, 7) is 0.258. The second kappa shape index (κ2) is 7.09. The molecule has 0 amide bonds. The van der Waals surface area contributed by atoms with E-state index in [1.165, 1.54) is 13.1 Å². The van der Waals surface area contributed by atoms with Gasteiger partial charge in [0.05, 0.1) is 0 Å². The van der Waals surface area contributed by atoms with Crippen molar-refractivity contribution in [2.45, 2.75) is 4.90 Å². The van der Waals surface area contributed by atoms with Gasteiger partial charge in [0.15, 0.2) is 0 Å². The summed E-state index contributed by atoms with van der Waals surface area (Å²) in [6, 6.07) is 12.5. The number of likely N-dealkylation sites (N-methyl/N-ethyl adjacent to an activating group) is 1. The van der Waals surface area contributed by atoms with Crippen LogP contribution >= 0.6 is 11.6 Å². The van der Waals surface area contributed by atoms with Gasteiger partial charge < -0.3 is 4.74 Å². The van der Waals surface area contributed by atoms with Gasteiger partial charge in [-0.25, -0.2) is 12.8 Å². The van der Waals surface area contributed by atoms with Crippen LogP contribution in [0.4, 0.5) is 4.39 Å². The molecule has 0 aliphatic heterocycles. The van der Waals surface area contributed by atoms with E-state index in [-0.39, 0.29) is 18.2 Å². The van der Waals surface area contributed by atoms with Gasteiger partial charge in [0.1, 0.15) is 23.1 Å². The van der Waals surface area contributed by atoms with E-state index >= 15 is 0 Å². The monoisotopic (exact) mass is 343 g/mol. The van der Waals surface area contributed by atoms with E-state index in [4.69, 9.17) is 16.3 Å². The number of halogens is 2. The van der Waals surface area contributed by atoms with E-state index in [9.17, 15) is 12.8 Å². The fourth-order valence-electron chi connectivity index (χ4n) is 1.78. The van der Waals surface area contributed by atoms with Crippen LogP contribution in [-0.4, -0.2) is 32.9 Å². The van der Waals surface area contributed by atoms with Crippen molar-refractivity contribution in [2.24, 2.45) is 0 Å². The van der Waals surface area contributed by atoms with Gasteiger partial charge in [0.2, 0.25) is 10.0 Å². The second-order valence-corrected chi connectivity index (χ2v) is 7.01. The van der Waals surface area contributed by atoms with Gasteiger partial charge in [-0.3, -0.25) is 0 Å². The fraction of sp³-hybridized carbons (Fsp3) is 0.200. The molecular formula is C15H15ClFNO3S. The molecule has 4 nitrogen and oxygen atoms in total. The number of nitrogens with zero attached hydrogens (tertiary/aromatic N) is 1. The first-order chi connectivity index (χ1) is 10.4. The van der Waals surface area contributed by atoms with Crippen LogP contribution in [0.15, 0.2) is 53.4 Å². The fourth-order valence-corrected chi connectivity index (χ4v) is 3.14. The molecule has 0 spiro atoms. The van der Waals surface area contributed by atoms with Crippen LogP contribution in [0, 0.1) is 5.82 Å². The zero-order valence-corrected chi connectivity index (χ0v) is 13.4. The van der Waals surface area contributed by atoms with Gasteiger partial charge in [-0.05, 0) is 30.3 Å². The van der Waals surface area contributed by atoms with Gasteiger partial charge in [-0.1, -0.05) is 29.8 Å². The topological polar surface area (TPSA) is 46.6 Å². The summed E-state index contributed by atoms with van der Waals surface area (Å²) < 4.78 is 44.8. The summed E-state index contributed by atoms with van der Waals surface area (Å²) in [6.07, 6.45) is 0. The van der Waals surface area contributed by atoms with Crippen LogP contribution in [0.5, 0.6) is 5.75 Å². The highest BCUT2D eigenvalue weighted by atomic mass is 35.5. The van der Waals surface area contributed by atoms with Gasteiger partial charge in [-0.2, -0.15) is 4.31 Å². The quantitative estimate of drug-likeness (QED) is 0.809. The molecule has 0 fully saturated rings. The van der Waals surface area contributed by atoms with E-state index in [2.05, 4.69) is 0 Å². The number of benzene rings is 2. The molecule has 0 radical (unpaired) electrons. The van der Waals surface area contributed by atoms with Crippen molar-refractivity contribution < 1.29 is 17.5 Å². The summed E-state index contributed by atoms with van der Waals surface area (Å²) >= 11 is 5.63. The predicted octanol–water partition coefficient (Wildman–Crippen LogP) is 3.18. The van der Waals surface area contributed by atoms with Crippen molar-refractivity contribution in [3.8, 4) is 5.75 Å². The standard InChI is InChI=1S/C15H15ClFNO3S/c1-18(9-10-21-13-5-3-2-4-6-13)22(19,20)15-8-7-12(16)11-14(15)17/h2-8,11H,9-10H2,1H3. The predicted molar refractivity (Wildman–Crippen MR) is 83.2 cm³/mol. The van der Waals surface area contributed by atoms with Crippen LogP contribution in [0.1, 0.15) is 0 Å². The molecule has 0 aliphatic rings. The maximum absolute atomic E-state index is 13.8. The Labute approximate surface area is 134 Å². The Kier molecular flexibility index (Phi) is 5.39. The Morgan fingerprint density at radius 2 is 1.86 bits per heavy atom. The molecule has 0 atom stereocenters. The first-order valence-corrected chi connectivity index (χ1v) is 8.32. The van der Waals surface area contributed by atoms with Crippen molar-refractivity contribution in [1.82, 2.24) is 4.31 Å². The maximum Gasteiger partial charge on any atom is 0.245 e. The Bertz CT molecular complexity index is 738. The van der Waals surface area contributed by atoms with Crippen LogP contribution in [0.25, 0.3) is 0 Å². The van der Waals surface area contributed by atoms with Gasteiger partial charge in [0.25, 0.3) is 0 Å². The second-order valence-electron chi connectivity index (χ2n) is 4.56. The molecule has 0 aliphatic carbocycles. The smallest absolute Gasteiger partial charge is 0.245 e. The zero-order valence-electron chi connectivity index (χ0n) is 11.9. The van der Waals surface area contributed by atoms with Crippen LogP contribution in [0.2, 0.25) is 5.02 Å². The molecule has 2 aromatic carbocycles. The van der Waals surface area contributed by atoms with E-state index in [1.807, 2.05) is 18.2 Å². The van der Waals surface area contributed by atoms with Gasteiger partial charge in [0, 0.05) is 18.6 Å². The zero-order chi connectivity index (χ0) is 16.2. The minimum Gasteiger partial charge on any atom is -0.492 e. The molecule has 2 aromatic rings. The van der Waals surface area contributed by atoms with Crippen molar-refractivity contribution in [3.63, 3.8) is 0 Å². The highest BCUT2D eigenvalue weighted by molar-refractivity contribution is 7.89. The van der Waals surface area contributed by atoms with Crippen molar-refractivity contribution in [1.29, 1.82) is 0 Å². The third kappa shape index (κ3) is 3.97. The normalized spacial score (nSPS) is 11.6. The van der Waals surface area contributed by atoms with Crippen LogP contribution in [-0.2, 0) is 10.0 Å². The molecule has 22 heavy (non-hydrogen) atoms. The van der Waals surface area contributed by atoms with Crippen LogP contribution in [0.3, 0.4) is 0 Å². The first-order valence-electron chi connectivity index (χ1n) is 6.50. The molecule has 0 unspecified atom stereocenters. The molecule has 0 heterocycles. The third-order valence-corrected chi connectivity index (χ3v) is 5.13. The number of ether oxygens (including phenoxy) is 1. The lowest BCUT2D eigenvalue weighted by Gasteiger charge is -2.18. The van der Waals surface area contributed by atoms with E-state index < -0.39 is 20.7 Å². The molecule has 0 aromatic heterocycles. The number of sulfonamides is 1. The molecule has 0 N–H and O–H groups in total. The lowest BCUT2D eigenvalue weighted by Crippen LogP contribution is -2.31. The van der Waals surface area contributed by atoms with E-state index in [0.717, 1.165) is 16.4 Å². The van der Waals surface area contributed by atoms with Crippen molar-refractivity contribution >= 4 is 21.6 Å². The van der Waals surface area contributed by atoms with Crippen molar-refractivity contribution in [2.75, 3.05) is 20.2 Å². The van der Waals surface area contributed by atoms with E-state index in [1.54, 1.807) is 12.1 Å². The maximum atomic E-state index is 13.8. The lowest BCUT2D eigenvalue weighted by molar-refractivity contribution is 0.286. The minimum atomic E-state index is -3.92. The largest absolute Gasteiger partial charge is 0.492 e. The number of rotatable bonds is 6. The Morgan fingerprint density at radius 3 is 2.50 bits per heavy atom. The first kappa shape index (κ1) is 16.7. The average Bonchev–Trinajstić information content (AvgIpc) is 2.47. The summed E-state index contributed by atoms with van der Waals surface area (Å²) in [5, 5.41) is 0.145. The molecule has 0 saturated carbocycles. The SMILES string of the molecule is CN(CCOc1ccccc1)S(=O)(=O)c1ccc(Cl)cc1F. The Hall–Kier alpha value is -1.63. The third-order valence-electron chi connectivity index (χ3n) is 3.00. The molecule has 0 saturated heterocycles. The van der Waals surface area contributed by atoms with Crippen LogP contribution < -0.4 is 4.74 Å². The minimum absolute atomic E-state index is 0.0965. The molecule has 0 bridgehead atoms. The average molecular weight is 344 g/mol. The number of hydrogen-bond donors (Lipinski definition) is 0. The molecule has 7 heteroatoms. The van der Waals surface area contributed by atoms with Gasteiger partial charge in [-0.15, -0.1) is 0 Å². The van der Waals surface area contributed by atoms with Gasteiger partial charge >= 0.3 is 0 Å². The summed E-state index contributed by atoms with van der Waals surface area (Å²) in [7, 11) is -2.55. The Balaban J connectivity index is 2.03. The van der Waals surface area contributed by atoms with Crippen molar-refractivity contribution in [3.05, 3.63) is 59.4 Å². The highest BCUT2D eigenvalue weighted by Crippen LogP contribution is 2.21. The number of para-hydroxylation sites is 1. The number of hydrogen-bond acceptors (Lipinski definition) is 3. The summed E-state index contributed by atoms with van der Waals surface area (Å²) in [5.74, 6) is -0.228. The molecule has 118 valence electrons. The summed E-state index contributed by atoms with van der Waals surface area (Å²) in [4.78, 5) is -0.404. The highest BCUT2D eigenvalue weighted by Gasteiger charge is 2.24. The lowest BCUT2D eigenvalue weighted by atomic mass is 10.3. The molecule has 2 rings (SSSR count). The molecular weight excluding hydrogens is 329 g/mol. The Morgan fingerprint density at radius 1 is 1.18 bits per heavy atom. The van der Waals surface area contributed by atoms with E-state index in [0.29, 0.717) is 5.75 Å². The summed E-state index contributed by atoms with van der Waals surface area (Å²) in [5.41, 5.74) is 0.